The number of hydrogen-bond donors (Lipinski definition) is 2. The number of nitrogens with one attached hydrogen (secondary N) is 1. The molecule has 0 aliphatic heterocycles. The molecule has 1 aliphatic rings. The van der Waals surface area contributed by atoms with Crippen LogP contribution in [0.1, 0.15) is 36.0 Å². The largest absolute Gasteiger partial charge is 0.394 e. The van der Waals surface area contributed by atoms with Gasteiger partial charge in [-0.25, -0.2) is 0 Å². The summed E-state index contributed by atoms with van der Waals surface area (Å²) < 4.78 is 0.161. The Bertz CT molecular complexity index is 541. The first-order valence-corrected chi connectivity index (χ1v) is 7.15. The molecule has 0 saturated heterocycles. The Morgan fingerprint density at radius 3 is 2.65 bits per heavy atom. The van der Waals surface area contributed by atoms with Crippen molar-refractivity contribution in [3.63, 3.8) is 0 Å². The van der Waals surface area contributed by atoms with Crippen LogP contribution in [-0.2, 0) is 0 Å². The van der Waals surface area contributed by atoms with Crippen LogP contribution in [0.3, 0.4) is 0 Å². The van der Waals surface area contributed by atoms with Gasteiger partial charge in [-0.05, 0) is 34.8 Å². The molecule has 6 nitrogen and oxygen atoms in total. The Balaban J connectivity index is 2.25. The molecule has 0 heterocycles. The van der Waals surface area contributed by atoms with Gasteiger partial charge in [-0.1, -0.05) is 18.9 Å². The van der Waals surface area contributed by atoms with Crippen molar-refractivity contribution in [3.05, 3.63) is 38.3 Å². The van der Waals surface area contributed by atoms with Crippen molar-refractivity contribution in [2.75, 3.05) is 6.61 Å². The van der Waals surface area contributed by atoms with E-state index in [0.717, 1.165) is 25.7 Å². The molecule has 2 rings (SSSR count). The van der Waals surface area contributed by atoms with Gasteiger partial charge in [0, 0.05) is 6.07 Å². The molecule has 0 atom stereocenters. The van der Waals surface area contributed by atoms with Crippen LogP contribution in [0.25, 0.3) is 0 Å². The predicted octanol–water partition coefficient (Wildman–Crippen LogP) is 2.39. The minimum Gasteiger partial charge on any atom is -0.394 e. The summed E-state index contributed by atoms with van der Waals surface area (Å²) in [6.45, 7) is -0.120. The molecule has 0 aromatic heterocycles. The molecule has 0 bridgehead atoms. The minimum absolute atomic E-state index is 0.120. The maximum Gasteiger partial charge on any atom is 0.284 e. The number of hydrogen-bond acceptors (Lipinski definition) is 4. The molecular formula is C13H15BrN2O4. The number of aliphatic hydroxyl groups excluding tert-OH is 1. The van der Waals surface area contributed by atoms with Crippen molar-refractivity contribution >= 4 is 27.5 Å². The monoisotopic (exact) mass is 342 g/mol. The molecule has 1 aliphatic carbocycles. The first-order chi connectivity index (χ1) is 9.49. The lowest BCUT2D eigenvalue weighted by Gasteiger charge is -2.28. The maximum absolute atomic E-state index is 12.3. The summed E-state index contributed by atoms with van der Waals surface area (Å²) in [5.74, 6) is -0.406. The standard InChI is InChI=1S/C13H15BrN2O4/c14-11-9(4-3-5-10(11)16(19)20)12(18)15-13(8-17)6-1-2-7-13/h3-5,17H,1-2,6-8H2,(H,15,18). The van der Waals surface area contributed by atoms with Crippen molar-refractivity contribution < 1.29 is 14.8 Å². The summed E-state index contributed by atoms with van der Waals surface area (Å²) >= 11 is 3.11. The van der Waals surface area contributed by atoms with Gasteiger partial charge in [0.05, 0.1) is 22.6 Å². The zero-order valence-electron chi connectivity index (χ0n) is 10.8. The SMILES string of the molecule is O=C(NC1(CO)CCCC1)c1cccc([N+](=O)[O-])c1Br. The van der Waals surface area contributed by atoms with E-state index < -0.39 is 16.4 Å². The average molecular weight is 343 g/mol. The summed E-state index contributed by atoms with van der Waals surface area (Å²) in [6, 6.07) is 4.32. The highest BCUT2D eigenvalue weighted by Gasteiger charge is 2.35. The summed E-state index contributed by atoms with van der Waals surface area (Å²) in [4.78, 5) is 22.6. The molecular weight excluding hydrogens is 328 g/mol. The van der Waals surface area contributed by atoms with Crippen LogP contribution in [0.4, 0.5) is 5.69 Å². The summed E-state index contributed by atoms with van der Waals surface area (Å²) in [7, 11) is 0. The Morgan fingerprint density at radius 1 is 1.45 bits per heavy atom. The average Bonchev–Trinajstić information content (AvgIpc) is 2.87. The summed E-state index contributed by atoms with van der Waals surface area (Å²) in [6.07, 6.45) is 3.36. The fourth-order valence-corrected chi connectivity index (χ4v) is 3.11. The second kappa shape index (κ2) is 5.88. The topological polar surface area (TPSA) is 92.5 Å². The third-order valence-corrected chi connectivity index (χ3v) is 4.50. The van der Waals surface area contributed by atoms with Crippen molar-refractivity contribution in [2.45, 2.75) is 31.2 Å². The third-order valence-electron chi connectivity index (χ3n) is 3.66. The molecule has 1 saturated carbocycles. The molecule has 1 aromatic rings. The minimum atomic E-state index is -0.596. The first-order valence-electron chi connectivity index (χ1n) is 6.35. The van der Waals surface area contributed by atoms with Crippen LogP contribution >= 0.6 is 15.9 Å². The number of nitrogens with zero attached hydrogens (tertiary/aromatic N) is 1. The van der Waals surface area contributed by atoms with Crippen LogP contribution in [0.5, 0.6) is 0 Å². The van der Waals surface area contributed by atoms with Gasteiger partial charge < -0.3 is 10.4 Å². The molecule has 2 N–H and O–H groups in total. The predicted molar refractivity (Wildman–Crippen MR) is 76.5 cm³/mol. The lowest BCUT2D eigenvalue weighted by molar-refractivity contribution is -0.385. The van der Waals surface area contributed by atoms with Crippen LogP contribution in [0, 0.1) is 10.1 Å². The highest BCUT2D eigenvalue weighted by molar-refractivity contribution is 9.10. The Labute approximate surface area is 124 Å². The number of benzene rings is 1. The van der Waals surface area contributed by atoms with Gasteiger partial charge in [-0.3, -0.25) is 14.9 Å². The Morgan fingerprint density at radius 2 is 2.10 bits per heavy atom. The number of halogens is 1. The molecule has 108 valence electrons. The quantitative estimate of drug-likeness (QED) is 0.649. The van der Waals surface area contributed by atoms with Crippen LogP contribution < -0.4 is 5.32 Å². The molecule has 20 heavy (non-hydrogen) atoms. The van der Waals surface area contributed by atoms with E-state index in [1.807, 2.05) is 0 Å². The number of amides is 1. The fraction of sp³-hybridized carbons (Fsp3) is 0.462. The van der Waals surface area contributed by atoms with Crippen LogP contribution in [-0.4, -0.2) is 28.1 Å². The molecule has 1 fully saturated rings. The van der Waals surface area contributed by atoms with E-state index >= 15 is 0 Å². The Kier molecular flexibility index (Phi) is 4.39. The van der Waals surface area contributed by atoms with Crippen molar-refractivity contribution in [3.8, 4) is 0 Å². The van der Waals surface area contributed by atoms with Crippen molar-refractivity contribution in [2.24, 2.45) is 0 Å². The van der Waals surface area contributed by atoms with Crippen LogP contribution in [0.2, 0.25) is 0 Å². The second-order valence-electron chi connectivity index (χ2n) is 5.00. The van der Waals surface area contributed by atoms with E-state index in [0.29, 0.717) is 0 Å². The van der Waals surface area contributed by atoms with E-state index in [9.17, 15) is 20.0 Å². The zero-order valence-corrected chi connectivity index (χ0v) is 12.4. The first kappa shape index (κ1) is 14.9. The molecule has 0 unspecified atom stereocenters. The van der Waals surface area contributed by atoms with Crippen molar-refractivity contribution in [1.29, 1.82) is 0 Å². The summed E-state index contributed by atoms with van der Waals surface area (Å²) in [5, 5.41) is 23.2. The number of carbonyl (C=O) groups excluding carboxylic acids is 1. The van der Waals surface area contributed by atoms with Gasteiger partial charge in [0.15, 0.2) is 0 Å². The number of nitro benzene ring substituents is 1. The van der Waals surface area contributed by atoms with Gasteiger partial charge >= 0.3 is 0 Å². The fourth-order valence-electron chi connectivity index (χ4n) is 2.52. The third kappa shape index (κ3) is 2.83. The zero-order chi connectivity index (χ0) is 14.8. The number of rotatable bonds is 4. The Hall–Kier alpha value is -1.47. The molecule has 0 spiro atoms. The van der Waals surface area contributed by atoms with Gasteiger partial charge in [0.2, 0.25) is 0 Å². The smallest absolute Gasteiger partial charge is 0.284 e. The maximum atomic E-state index is 12.3. The van der Waals surface area contributed by atoms with Crippen molar-refractivity contribution in [1.82, 2.24) is 5.32 Å². The molecule has 1 amide bonds. The number of carbonyl (C=O) groups is 1. The molecule has 1 aromatic carbocycles. The lowest BCUT2D eigenvalue weighted by Crippen LogP contribution is -2.49. The van der Waals surface area contributed by atoms with Crippen LogP contribution in [0.15, 0.2) is 22.7 Å². The molecule has 0 radical (unpaired) electrons. The number of nitro groups is 1. The van der Waals surface area contributed by atoms with Gasteiger partial charge in [-0.15, -0.1) is 0 Å². The van der Waals surface area contributed by atoms with Gasteiger partial charge in [-0.2, -0.15) is 0 Å². The van der Waals surface area contributed by atoms with E-state index in [1.54, 1.807) is 0 Å². The lowest BCUT2D eigenvalue weighted by atomic mass is 9.98. The highest BCUT2D eigenvalue weighted by atomic mass is 79.9. The van der Waals surface area contributed by atoms with Gasteiger partial charge in [0.1, 0.15) is 4.47 Å². The van der Waals surface area contributed by atoms with E-state index in [1.165, 1.54) is 18.2 Å². The van der Waals surface area contributed by atoms with E-state index in [4.69, 9.17) is 0 Å². The highest BCUT2D eigenvalue weighted by Crippen LogP contribution is 2.32. The second-order valence-corrected chi connectivity index (χ2v) is 5.79. The molecule has 7 heteroatoms. The number of aliphatic hydroxyl groups is 1. The summed E-state index contributed by atoms with van der Waals surface area (Å²) in [5.41, 5.74) is -0.540. The normalized spacial score (nSPS) is 16.9. The van der Waals surface area contributed by atoms with E-state index in [2.05, 4.69) is 21.2 Å². The van der Waals surface area contributed by atoms with E-state index in [-0.39, 0.29) is 22.3 Å². The van der Waals surface area contributed by atoms with Gasteiger partial charge in [0.25, 0.3) is 11.6 Å².